The van der Waals surface area contributed by atoms with Gasteiger partial charge < -0.3 is 14.6 Å². The summed E-state index contributed by atoms with van der Waals surface area (Å²) in [6.45, 7) is 2.58. The van der Waals surface area contributed by atoms with Crippen LogP contribution in [0.25, 0.3) is 11.4 Å². The number of nitrogens with zero attached hydrogens (tertiary/aromatic N) is 3. The molecule has 0 radical (unpaired) electrons. The van der Waals surface area contributed by atoms with Gasteiger partial charge in [0, 0.05) is 18.7 Å². The number of hydrogen-bond donors (Lipinski definition) is 1. The average molecular weight is 441 g/mol. The summed E-state index contributed by atoms with van der Waals surface area (Å²) in [5.41, 5.74) is 1.79. The van der Waals surface area contributed by atoms with Gasteiger partial charge >= 0.3 is 0 Å². The van der Waals surface area contributed by atoms with E-state index in [2.05, 4.69) is 20.4 Å². The fraction of sp³-hybridized carbons (Fsp3) is 0.348. The molecule has 1 atom stereocenters. The normalized spacial score (nSPS) is 16.8. The first kappa shape index (κ1) is 21.3. The number of carbonyl (C=O) groups is 1. The molecule has 1 aromatic heterocycles. The number of ether oxygens (including phenoxy) is 1. The summed E-state index contributed by atoms with van der Waals surface area (Å²) in [6.07, 6.45) is 1.83. The van der Waals surface area contributed by atoms with Crippen LogP contribution >= 0.6 is 11.6 Å². The van der Waals surface area contributed by atoms with Gasteiger partial charge in [-0.15, -0.1) is 0 Å². The van der Waals surface area contributed by atoms with E-state index in [4.69, 9.17) is 20.9 Å². The number of methoxy groups -OCH3 is 1. The molecule has 3 aromatic rings. The zero-order valence-corrected chi connectivity index (χ0v) is 18.1. The van der Waals surface area contributed by atoms with Crippen molar-refractivity contribution >= 4 is 17.5 Å². The van der Waals surface area contributed by atoms with E-state index in [0.717, 1.165) is 36.3 Å². The maximum absolute atomic E-state index is 12.7. The third kappa shape index (κ3) is 5.42. The number of likely N-dealkylation sites (tertiary alicyclic amines) is 1. The Hall–Kier alpha value is -2.90. The number of benzene rings is 2. The van der Waals surface area contributed by atoms with E-state index < -0.39 is 0 Å². The van der Waals surface area contributed by atoms with Crippen molar-refractivity contribution in [1.82, 2.24) is 20.4 Å². The number of amides is 1. The SMILES string of the molecule is COc1ccc(CNC(=O)C2CCCN(Cc3nc(-c4ccccc4Cl)no3)C2)cc1. The number of nitrogens with one attached hydrogen (secondary N) is 1. The second-order valence-electron chi connectivity index (χ2n) is 7.63. The highest BCUT2D eigenvalue weighted by atomic mass is 35.5. The van der Waals surface area contributed by atoms with Crippen molar-refractivity contribution in [2.75, 3.05) is 20.2 Å². The monoisotopic (exact) mass is 440 g/mol. The van der Waals surface area contributed by atoms with Crippen LogP contribution in [0.15, 0.2) is 53.1 Å². The van der Waals surface area contributed by atoms with Gasteiger partial charge in [0.1, 0.15) is 5.75 Å². The van der Waals surface area contributed by atoms with Crippen LogP contribution in [0, 0.1) is 5.92 Å². The molecule has 1 aliphatic heterocycles. The molecule has 0 saturated carbocycles. The van der Waals surface area contributed by atoms with Crippen LogP contribution in [0.1, 0.15) is 24.3 Å². The summed E-state index contributed by atoms with van der Waals surface area (Å²) >= 11 is 6.22. The van der Waals surface area contributed by atoms with Crippen LogP contribution in [0.4, 0.5) is 0 Å². The third-order valence-electron chi connectivity index (χ3n) is 5.44. The van der Waals surface area contributed by atoms with Crippen molar-refractivity contribution in [1.29, 1.82) is 0 Å². The third-order valence-corrected chi connectivity index (χ3v) is 5.77. The number of carbonyl (C=O) groups excluding carboxylic acids is 1. The summed E-state index contributed by atoms with van der Waals surface area (Å²) in [7, 11) is 1.64. The van der Waals surface area contributed by atoms with Crippen molar-refractivity contribution in [2.45, 2.75) is 25.9 Å². The van der Waals surface area contributed by atoms with Crippen LogP contribution in [0.5, 0.6) is 5.75 Å². The second kappa shape index (κ2) is 9.94. The smallest absolute Gasteiger partial charge is 0.241 e. The lowest BCUT2D eigenvalue weighted by Crippen LogP contribution is -2.42. The largest absolute Gasteiger partial charge is 0.497 e. The van der Waals surface area contributed by atoms with Crippen LogP contribution in [0.3, 0.4) is 0 Å². The maximum Gasteiger partial charge on any atom is 0.241 e. The summed E-state index contributed by atoms with van der Waals surface area (Å²) in [4.78, 5) is 19.4. The topological polar surface area (TPSA) is 80.5 Å². The maximum atomic E-state index is 12.7. The summed E-state index contributed by atoms with van der Waals surface area (Å²) < 4.78 is 10.6. The molecule has 1 N–H and O–H groups in total. The summed E-state index contributed by atoms with van der Waals surface area (Å²) in [6, 6.07) is 15.1. The molecule has 2 aromatic carbocycles. The molecule has 0 aliphatic carbocycles. The fourth-order valence-corrected chi connectivity index (χ4v) is 3.97. The Kier molecular flexibility index (Phi) is 6.84. The molecule has 8 heteroatoms. The Morgan fingerprint density at radius 3 is 2.84 bits per heavy atom. The Balaban J connectivity index is 1.31. The van der Waals surface area contributed by atoms with E-state index in [-0.39, 0.29) is 11.8 Å². The zero-order chi connectivity index (χ0) is 21.6. The minimum Gasteiger partial charge on any atom is -0.497 e. The molecule has 1 unspecified atom stereocenters. The number of rotatable bonds is 7. The summed E-state index contributed by atoms with van der Waals surface area (Å²) in [5, 5.41) is 7.69. The van der Waals surface area contributed by atoms with E-state index in [9.17, 15) is 4.79 Å². The van der Waals surface area contributed by atoms with Gasteiger partial charge in [-0.2, -0.15) is 4.98 Å². The molecule has 7 nitrogen and oxygen atoms in total. The van der Waals surface area contributed by atoms with Crippen molar-refractivity contribution < 1.29 is 14.1 Å². The van der Waals surface area contributed by atoms with Crippen molar-refractivity contribution in [2.24, 2.45) is 5.92 Å². The molecular formula is C23H25ClN4O3. The van der Waals surface area contributed by atoms with E-state index in [1.54, 1.807) is 13.2 Å². The van der Waals surface area contributed by atoms with Gasteiger partial charge in [0.05, 0.1) is 24.6 Å². The first-order valence-electron chi connectivity index (χ1n) is 10.3. The summed E-state index contributed by atoms with van der Waals surface area (Å²) in [5.74, 6) is 1.82. The number of halogens is 1. The van der Waals surface area contributed by atoms with Gasteiger partial charge in [0.15, 0.2) is 0 Å². The number of piperidine rings is 1. The molecule has 1 aliphatic rings. The molecule has 1 amide bonds. The lowest BCUT2D eigenvalue weighted by Gasteiger charge is -2.30. The molecule has 1 fully saturated rings. The highest BCUT2D eigenvalue weighted by Gasteiger charge is 2.27. The van der Waals surface area contributed by atoms with Gasteiger partial charge in [-0.25, -0.2) is 0 Å². The molecule has 1 saturated heterocycles. The minimum absolute atomic E-state index is 0.0574. The fourth-order valence-electron chi connectivity index (χ4n) is 3.75. The van der Waals surface area contributed by atoms with E-state index >= 15 is 0 Å². The first-order valence-corrected chi connectivity index (χ1v) is 10.7. The first-order chi connectivity index (χ1) is 15.1. The van der Waals surface area contributed by atoms with Gasteiger partial charge in [-0.1, -0.05) is 41.0 Å². The minimum atomic E-state index is -0.0574. The van der Waals surface area contributed by atoms with Crippen LogP contribution in [-0.2, 0) is 17.9 Å². The molecular weight excluding hydrogens is 416 g/mol. The van der Waals surface area contributed by atoms with Crippen molar-refractivity contribution in [3.05, 3.63) is 65.0 Å². The molecule has 0 bridgehead atoms. The molecule has 2 heterocycles. The molecule has 4 rings (SSSR count). The lowest BCUT2D eigenvalue weighted by atomic mass is 9.97. The van der Waals surface area contributed by atoms with Crippen molar-refractivity contribution in [3.63, 3.8) is 0 Å². The van der Waals surface area contributed by atoms with Gasteiger partial charge in [-0.3, -0.25) is 9.69 Å². The Morgan fingerprint density at radius 1 is 1.26 bits per heavy atom. The average Bonchev–Trinajstić information content (AvgIpc) is 3.26. The molecule has 0 spiro atoms. The van der Waals surface area contributed by atoms with Gasteiger partial charge in [-0.05, 0) is 49.2 Å². The van der Waals surface area contributed by atoms with Crippen LogP contribution in [-0.4, -0.2) is 41.1 Å². The predicted molar refractivity (Wildman–Crippen MR) is 118 cm³/mol. The quantitative estimate of drug-likeness (QED) is 0.599. The van der Waals surface area contributed by atoms with E-state index in [1.807, 2.05) is 42.5 Å². The lowest BCUT2D eigenvalue weighted by molar-refractivity contribution is -0.127. The molecule has 31 heavy (non-hydrogen) atoms. The zero-order valence-electron chi connectivity index (χ0n) is 17.4. The van der Waals surface area contributed by atoms with Crippen LogP contribution in [0.2, 0.25) is 5.02 Å². The van der Waals surface area contributed by atoms with E-state index in [1.165, 1.54) is 0 Å². The van der Waals surface area contributed by atoms with Gasteiger partial charge in [0.2, 0.25) is 17.6 Å². The molecule has 162 valence electrons. The Labute approximate surface area is 186 Å². The standard InChI is InChI=1S/C23H25ClN4O3/c1-30-18-10-8-16(9-11-18)13-25-23(29)17-5-4-12-28(14-17)15-21-26-22(27-31-21)19-6-2-3-7-20(19)24/h2-3,6-11,17H,4-5,12-15H2,1H3,(H,25,29). The second-order valence-corrected chi connectivity index (χ2v) is 8.04. The number of aromatic nitrogens is 2. The van der Waals surface area contributed by atoms with Gasteiger partial charge in [0.25, 0.3) is 0 Å². The highest BCUT2D eigenvalue weighted by molar-refractivity contribution is 6.33. The Bertz CT molecular complexity index is 1020. The predicted octanol–water partition coefficient (Wildman–Crippen LogP) is 3.93. The van der Waals surface area contributed by atoms with Crippen molar-refractivity contribution in [3.8, 4) is 17.1 Å². The number of hydrogen-bond acceptors (Lipinski definition) is 6. The highest BCUT2D eigenvalue weighted by Crippen LogP contribution is 2.25. The Morgan fingerprint density at radius 2 is 2.06 bits per heavy atom. The van der Waals surface area contributed by atoms with Crippen LogP contribution < -0.4 is 10.1 Å². The van der Waals surface area contributed by atoms with E-state index in [0.29, 0.717) is 36.4 Å².